The lowest BCUT2D eigenvalue weighted by atomic mass is 10.1. The second kappa shape index (κ2) is 5.97. The number of methoxy groups -OCH3 is 1. The van der Waals surface area contributed by atoms with E-state index in [1.54, 1.807) is 13.3 Å². The molecule has 2 aromatic rings. The number of hydrogen-bond acceptors (Lipinski definition) is 5. The Kier molecular flexibility index (Phi) is 4.09. The number of aromatic nitrogens is 2. The van der Waals surface area contributed by atoms with Gasteiger partial charge in [0.05, 0.1) is 19.0 Å². The molecule has 1 aromatic carbocycles. The van der Waals surface area contributed by atoms with E-state index in [0.29, 0.717) is 18.2 Å². The molecule has 94 valence electrons. The van der Waals surface area contributed by atoms with E-state index in [9.17, 15) is 0 Å². The number of nitrogen functional groups attached to an aromatic ring is 1. The molecule has 0 fully saturated rings. The maximum absolute atomic E-state index is 5.60. The average molecular weight is 244 g/mol. The minimum Gasteiger partial charge on any atom is -0.384 e. The van der Waals surface area contributed by atoms with Gasteiger partial charge in [-0.05, 0) is 18.1 Å². The molecule has 0 aliphatic rings. The highest BCUT2D eigenvalue weighted by Crippen LogP contribution is 2.20. The van der Waals surface area contributed by atoms with Crippen molar-refractivity contribution in [2.75, 3.05) is 24.8 Å². The van der Waals surface area contributed by atoms with E-state index in [1.807, 2.05) is 18.2 Å². The van der Waals surface area contributed by atoms with E-state index < -0.39 is 0 Å². The average Bonchev–Trinajstić information content (AvgIpc) is 2.38. The van der Waals surface area contributed by atoms with Gasteiger partial charge in [0.15, 0.2) is 5.82 Å². The van der Waals surface area contributed by atoms with Crippen LogP contribution in [0.5, 0.6) is 0 Å². The van der Waals surface area contributed by atoms with Gasteiger partial charge in [0.1, 0.15) is 5.82 Å². The molecule has 0 aliphatic heterocycles. The summed E-state index contributed by atoms with van der Waals surface area (Å²) < 4.78 is 5.09. The summed E-state index contributed by atoms with van der Waals surface area (Å²) >= 11 is 0. The van der Waals surface area contributed by atoms with Gasteiger partial charge in [-0.2, -0.15) is 0 Å². The van der Waals surface area contributed by atoms with E-state index in [-0.39, 0.29) is 0 Å². The van der Waals surface area contributed by atoms with Crippen LogP contribution in [0.15, 0.2) is 36.7 Å². The first-order valence-corrected chi connectivity index (χ1v) is 5.71. The smallest absolute Gasteiger partial charge is 0.151 e. The zero-order valence-electron chi connectivity index (χ0n) is 10.3. The number of anilines is 3. The molecule has 0 spiro atoms. The molecule has 2 rings (SSSR count). The molecule has 5 nitrogen and oxygen atoms in total. The van der Waals surface area contributed by atoms with Crippen LogP contribution in [0.25, 0.3) is 0 Å². The zero-order chi connectivity index (χ0) is 12.8. The Morgan fingerprint density at radius 1 is 1.28 bits per heavy atom. The minimum absolute atomic E-state index is 0.398. The summed E-state index contributed by atoms with van der Waals surface area (Å²) in [6.45, 7) is 0.682. The largest absolute Gasteiger partial charge is 0.384 e. The lowest BCUT2D eigenvalue weighted by Crippen LogP contribution is -2.02. The minimum atomic E-state index is 0.398. The Labute approximate surface area is 106 Å². The first-order valence-electron chi connectivity index (χ1n) is 5.71. The van der Waals surface area contributed by atoms with Gasteiger partial charge in [0.2, 0.25) is 0 Å². The third-order valence-electron chi connectivity index (χ3n) is 2.51. The number of nitrogens with zero attached hydrogens (tertiary/aromatic N) is 2. The summed E-state index contributed by atoms with van der Waals surface area (Å²) in [7, 11) is 1.69. The standard InChI is InChI=1S/C13H16N4O/c1-18-7-6-10-4-2-3-5-11(10)16-13-9-15-8-12(14)17-13/h2-5,8-9H,6-7H2,1H3,(H3,14,16,17). The first kappa shape index (κ1) is 12.3. The zero-order valence-corrected chi connectivity index (χ0v) is 10.3. The van der Waals surface area contributed by atoms with E-state index in [0.717, 1.165) is 12.1 Å². The lowest BCUT2D eigenvalue weighted by molar-refractivity contribution is 0.202. The molecule has 18 heavy (non-hydrogen) atoms. The number of hydrogen-bond donors (Lipinski definition) is 2. The van der Waals surface area contributed by atoms with Crippen molar-refractivity contribution in [3.8, 4) is 0 Å². The molecule has 0 unspecified atom stereocenters. The number of nitrogens with one attached hydrogen (secondary N) is 1. The third kappa shape index (κ3) is 3.18. The highest BCUT2D eigenvalue weighted by atomic mass is 16.5. The number of ether oxygens (including phenoxy) is 1. The molecule has 1 heterocycles. The monoisotopic (exact) mass is 244 g/mol. The van der Waals surface area contributed by atoms with E-state index in [2.05, 4.69) is 21.4 Å². The quantitative estimate of drug-likeness (QED) is 0.841. The predicted octanol–water partition coefficient (Wildman–Crippen LogP) is 1.99. The van der Waals surface area contributed by atoms with Gasteiger partial charge in [-0.15, -0.1) is 0 Å². The van der Waals surface area contributed by atoms with Crippen molar-refractivity contribution in [2.24, 2.45) is 0 Å². The fraction of sp³-hybridized carbons (Fsp3) is 0.231. The molecule has 3 N–H and O–H groups in total. The molecule has 0 amide bonds. The summed E-state index contributed by atoms with van der Waals surface area (Å²) in [6.07, 6.45) is 4.00. The van der Waals surface area contributed by atoms with Crippen LogP contribution in [-0.2, 0) is 11.2 Å². The van der Waals surface area contributed by atoms with Gasteiger partial charge in [0, 0.05) is 12.8 Å². The van der Waals surface area contributed by atoms with Gasteiger partial charge in [-0.25, -0.2) is 4.98 Å². The molecule has 0 saturated heterocycles. The summed E-state index contributed by atoms with van der Waals surface area (Å²) in [4.78, 5) is 8.16. The van der Waals surface area contributed by atoms with Crippen molar-refractivity contribution < 1.29 is 4.74 Å². The summed E-state index contributed by atoms with van der Waals surface area (Å²) in [5, 5.41) is 3.21. The molecule has 0 atom stereocenters. The summed E-state index contributed by atoms with van der Waals surface area (Å²) in [5.41, 5.74) is 7.76. The van der Waals surface area contributed by atoms with Gasteiger partial charge in [-0.3, -0.25) is 4.98 Å². The van der Waals surface area contributed by atoms with Crippen LogP contribution in [0.4, 0.5) is 17.3 Å². The first-order chi connectivity index (χ1) is 8.79. The third-order valence-corrected chi connectivity index (χ3v) is 2.51. The van der Waals surface area contributed by atoms with Crippen molar-refractivity contribution in [3.05, 3.63) is 42.2 Å². The molecule has 0 radical (unpaired) electrons. The molecular weight excluding hydrogens is 228 g/mol. The fourth-order valence-corrected chi connectivity index (χ4v) is 1.65. The van der Waals surface area contributed by atoms with Crippen LogP contribution in [-0.4, -0.2) is 23.7 Å². The van der Waals surface area contributed by atoms with Crippen LogP contribution in [0.3, 0.4) is 0 Å². The van der Waals surface area contributed by atoms with E-state index in [4.69, 9.17) is 10.5 Å². The predicted molar refractivity (Wildman–Crippen MR) is 71.7 cm³/mol. The van der Waals surface area contributed by atoms with Gasteiger partial charge in [-0.1, -0.05) is 18.2 Å². The van der Waals surface area contributed by atoms with Crippen LogP contribution >= 0.6 is 0 Å². The molecule has 0 aliphatic carbocycles. The number of para-hydroxylation sites is 1. The Morgan fingerprint density at radius 2 is 2.11 bits per heavy atom. The van der Waals surface area contributed by atoms with E-state index >= 15 is 0 Å². The maximum atomic E-state index is 5.60. The van der Waals surface area contributed by atoms with Crippen molar-refractivity contribution in [3.63, 3.8) is 0 Å². The highest BCUT2D eigenvalue weighted by molar-refractivity contribution is 5.60. The van der Waals surface area contributed by atoms with Crippen LogP contribution < -0.4 is 11.1 Å². The maximum Gasteiger partial charge on any atom is 0.151 e. The normalized spacial score (nSPS) is 10.3. The van der Waals surface area contributed by atoms with E-state index in [1.165, 1.54) is 11.8 Å². The molecule has 1 aromatic heterocycles. The van der Waals surface area contributed by atoms with Gasteiger partial charge in [0.25, 0.3) is 0 Å². The number of nitrogens with two attached hydrogens (primary N) is 1. The Balaban J connectivity index is 2.17. The fourth-order valence-electron chi connectivity index (χ4n) is 1.65. The topological polar surface area (TPSA) is 73.1 Å². The molecule has 0 saturated carbocycles. The molecule has 5 heteroatoms. The second-order valence-electron chi connectivity index (χ2n) is 3.85. The second-order valence-corrected chi connectivity index (χ2v) is 3.85. The van der Waals surface area contributed by atoms with Crippen molar-refractivity contribution >= 4 is 17.3 Å². The van der Waals surface area contributed by atoms with Crippen LogP contribution in [0.2, 0.25) is 0 Å². The summed E-state index contributed by atoms with van der Waals surface area (Å²) in [5.74, 6) is 1.04. The van der Waals surface area contributed by atoms with Crippen molar-refractivity contribution in [2.45, 2.75) is 6.42 Å². The highest BCUT2D eigenvalue weighted by Gasteiger charge is 2.03. The van der Waals surface area contributed by atoms with Crippen LogP contribution in [0, 0.1) is 0 Å². The summed E-state index contributed by atoms with van der Waals surface area (Å²) in [6, 6.07) is 8.02. The van der Waals surface area contributed by atoms with Gasteiger partial charge < -0.3 is 15.8 Å². The van der Waals surface area contributed by atoms with Crippen molar-refractivity contribution in [1.29, 1.82) is 0 Å². The number of benzene rings is 1. The van der Waals surface area contributed by atoms with Crippen LogP contribution in [0.1, 0.15) is 5.56 Å². The SMILES string of the molecule is COCCc1ccccc1Nc1cncc(N)n1. The molecule has 0 bridgehead atoms. The molecular formula is C13H16N4O. The Morgan fingerprint density at radius 3 is 2.89 bits per heavy atom. The van der Waals surface area contributed by atoms with Crippen molar-refractivity contribution in [1.82, 2.24) is 9.97 Å². The van der Waals surface area contributed by atoms with Gasteiger partial charge >= 0.3 is 0 Å². The number of rotatable bonds is 5. The Hall–Kier alpha value is -2.14. The lowest BCUT2D eigenvalue weighted by Gasteiger charge is -2.11. The Bertz CT molecular complexity index is 516.